The van der Waals surface area contributed by atoms with E-state index in [0.717, 1.165) is 31.2 Å². The molecule has 0 saturated heterocycles. The smallest absolute Gasteiger partial charge is 0.260 e. The highest BCUT2D eigenvalue weighted by Crippen LogP contribution is 2.19. The first-order chi connectivity index (χ1) is 14.4. The number of amides is 1. The maximum absolute atomic E-state index is 12.5. The summed E-state index contributed by atoms with van der Waals surface area (Å²) in [6.45, 7) is 2.02. The summed E-state index contributed by atoms with van der Waals surface area (Å²) >= 11 is 0. The number of hydrogen-bond donors (Lipinski definition) is 2. The van der Waals surface area contributed by atoms with Crippen LogP contribution in [0.15, 0.2) is 59.5 Å². The summed E-state index contributed by atoms with van der Waals surface area (Å²) in [5.41, 5.74) is 1.07. The highest BCUT2D eigenvalue weighted by molar-refractivity contribution is 7.89. The van der Waals surface area contributed by atoms with Gasteiger partial charge in [-0.25, -0.2) is 13.1 Å². The molecule has 162 valence electrons. The minimum atomic E-state index is -3.60. The fourth-order valence-electron chi connectivity index (χ4n) is 3.58. The van der Waals surface area contributed by atoms with Crippen LogP contribution in [0.5, 0.6) is 5.75 Å². The SMILES string of the molecule is C[C@H](Oc1ccc(S(=O)(=O)NCCc2ccccc2)cc1)C(=O)NC1CCCCC1. The van der Waals surface area contributed by atoms with Crippen LogP contribution in [0, 0.1) is 0 Å². The van der Waals surface area contributed by atoms with Crippen molar-refractivity contribution in [2.45, 2.75) is 62.5 Å². The van der Waals surface area contributed by atoms with Crippen molar-refractivity contribution in [1.82, 2.24) is 10.0 Å². The van der Waals surface area contributed by atoms with Crippen molar-refractivity contribution in [3.8, 4) is 5.75 Å². The molecule has 1 aliphatic carbocycles. The molecule has 2 N–H and O–H groups in total. The number of ether oxygens (including phenoxy) is 1. The van der Waals surface area contributed by atoms with Gasteiger partial charge in [0.15, 0.2) is 6.10 Å². The van der Waals surface area contributed by atoms with Crippen LogP contribution in [-0.4, -0.2) is 33.0 Å². The lowest BCUT2D eigenvalue weighted by atomic mass is 9.95. The largest absolute Gasteiger partial charge is 0.481 e. The van der Waals surface area contributed by atoms with Crippen molar-refractivity contribution in [1.29, 1.82) is 0 Å². The molecule has 3 rings (SSSR count). The molecule has 6 nitrogen and oxygen atoms in total. The molecule has 0 bridgehead atoms. The van der Waals surface area contributed by atoms with Gasteiger partial charge in [-0.1, -0.05) is 49.6 Å². The summed E-state index contributed by atoms with van der Waals surface area (Å²) in [7, 11) is -3.60. The first kappa shape index (κ1) is 22.3. The molecule has 0 radical (unpaired) electrons. The summed E-state index contributed by atoms with van der Waals surface area (Å²) in [4.78, 5) is 12.5. The van der Waals surface area contributed by atoms with E-state index in [1.54, 1.807) is 19.1 Å². The van der Waals surface area contributed by atoms with Gasteiger partial charge in [-0.2, -0.15) is 0 Å². The van der Waals surface area contributed by atoms with E-state index in [9.17, 15) is 13.2 Å². The molecule has 0 spiro atoms. The van der Waals surface area contributed by atoms with Crippen LogP contribution < -0.4 is 14.8 Å². The second kappa shape index (κ2) is 10.6. The molecule has 1 fully saturated rings. The van der Waals surface area contributed by atoms with Crippen molar-refractivity contribution in [3.05, 3.63) is 60.2 Å². The van der Waals surface area contributed by atoms with E-state index in [1.807, 2.05) is 30.3 Å². The fraction of sp³-hybridized carbons (Fsp3) is 0.435. The lowest BCUT2D eigenvalue weighted by Crippen LogP contribution is -2.43. The van der Waals surface area contributed by atoms with E-state index in [2.05, 4.69) is 10.0 Å². The van der Waals surface area contributed by atoms with E-state index >= 15 is 0 Å². The average molecular weight is 431 g/mol. The van der Waals surface area contributed by atoms with Crippen LogP contribution in [0.4, 0.5) is 0 Å². The number of nitrogens with one attached hydrogen (secondary N) is 2. The van der Waals surface area contributed by atoms with E-state index in [0.29, 0.717) is 18.7 Å². The van der Waals surface area contributed by atoms with Crippen LogP contribution in [0.3, 0.4) is 0 Å². The molecule has 1 amide bonds. The molecule has 30 heavy (non-hydrogen) atoms. The van der Waals surface area contributed by atoms with Crippen LogP contribution in [-0.2, 0) is 21.2 Å². The summed E-state index contributed by atoms with van der Waals surface area (Å²) in [6, 6.07) is 16.1. The van der Waals surface area contributed by atoms with Crippen molar-refractivity contribution < 1.29 is 17.9 Å². The number of sulfonamides is 1. The minimum Gasteiger partial charge on any atom is -0.481 e. The minimum absolute atomic E-state index is 0.138. The molecule has 7 heteroatoms. The number of carbonyl (C=O) groups excluding carboxylic acids is 1. The molecule has 2 aromatic rings. The average Bonchev–Trinajstić information content (AvgIpc) is 2.75. The van der Waals surface area contributed by atoms with Crippen LogP contribution in [0.1, 0.15) is 44.6 Å². The number of rotatable bonds is 9. The fourth-order valence-corrected chi connectivity index (χ4v) is 4.61. The predicted octanol–water partition coefficient (Wildman–Crippen LogP) is 3.42. The van der Waals surface area contributed by atoms with Crippen molar-refractivity contribution >= 4 is 15.9 Å². The van der Waals surface area contributed by atoms with Gasteiger partial charge in [-0.15, -0.1) is 0 Å². The van der Waals surface area contributed by atoms with Gasteiger partial charge in [0.05, 0.1) is 4.90 Å². The quantitative estimate of drug-likeness (QED) is 0.638. The van der Waals surface area contributed by atoms with Crippen LogP contribution in [0.2, 0.25) is 0 Å². The van der Waals surface area contributed by atoms with Gasteiger partial charge in [-0.05, 0) is 56.0 Å². The Morgan fingerprint density at radius 2 is 1.70 bits per heavy atom. The Morgan fingerprint density at radius 1 is 1.03 bits per heavy atom. The summed E-state index contributed by atoms with van der Waals surface area (Å²) in [5.74, 6) is 0.325. The monoisotopic (exact) mass is 430 g/mol. The Hall–Kier alpha value is -2.38. The lowest BCUT2D eigenvalue weighted by molar-refractivity contribution is -0.128. The van der Waals surface area contributed by atoms with Gasteiger partial charge in [0, 0.05) is 12.6 Å². The first-order valence-corrected chi connectivity index (χ1v) is 12.0. The Balaban J connectivity index is 1.49. The summed E-state index contributed by atoms with van der Waals surface area (Å²) in [6.07, 6.45) is 5.54. The normalized spacial score (nSPS) is 16.0. The van der Waals surface area contributed by atoms with Gasteiger partial charge in [0.25, 0.3) is 5.91 Å². The Bertz CT molecular complexity index is 908. The van der Waals surface area contributed by atoms with Crippen molar-refractivity contribution in [3.63, 3.8) is 0 Å². The van der Waals surface area contributed by atoms with E-state index < -0.39 is 16.1 Å². The highest BCUT2D eigenvalue weighted by atomic mass is 32.2. The van der Waals surface area contributed by atoms with Crippen molar-refractivity contribution in [2.75, 3.05) is 6.54 Å². The number of benzene rings is 2. The maximum atomic E-state index is 12.5. The molecule has 1 atom stereocenters. The maximum Gasteiger partial charge on any atom is 0.260 e. The van der Waals surface area contributed by atoms with E-state index in [-0.39, 0.29) is 16.8 Å². The van der Waals surface area contributed by atoms with Crippen molar-refractivity contribution in [2.24, 2.45) is 0 Å². The second-order valence-electron chi connectivity index (χ2n) is 7.71. The number of hydrogen-bond acceptors (Lipinski definition) is 4. The first-order valence-electron chi connectivity index (χ1n) is 10.5. The summed E-state index contributed by atoms with van der Waals surface area (Å²) in [5, 5.41) is 3.04. The predicted molar refractivity (Wildman–Crippen MR) is 117 cm³/mol. The summed E-state index contributed by atoms with van der Waals surface area (Å²) < 4.78 is 33.3. The van der Waals surface area contributed by atoms with E-state index in [1.165, 1.54) is 18.6 Å². The molecule has 1 saturated carbocycles. The zero-order chi connectivity index (χ0) is 21.4. The van der Waals surface area contributed by atoms with Crippen LogP contribution >= 0.6 is 0 Å². The topological polar surface area (TPSA) is 84.5 Å². The van der Waals surface area contributed by atoms with Gasteiger partial charge in [-0.3, -0.25) is 4.79 Å². The molecule has 0 heterocycles. The molecule has 0 aromatic heterocycles. The standard InChI is InChI=1S/C23H30N2O4S/c1-18(23(26)25-20-10-6-3-7-11-20)29-21-12-14-22(15-13-21)30(27,28)24-17-16-19-8-4-2-5-9-19/h2,4-5,8-9,12-15,18,20,24H,3,6-7,10-11,16-17H2,1H3,(H,25,26)/t18-/m0/s1. The second-order valence-corrected chi connectivity index (χ2v) is 9.48. The molecule has 0 aliphatic heterocycles. The molecule has 2 aromatic carbocycles. The van der Waals surface area contributed by atoms with Gasteiger partial charge >= 0.3 is 0 Å². The number of carbonyl (C=O) groups is 1. The Labute approximate surface area is 179 Å². The van der Waals surface area contributed by atoms with Gasteiger partial charge in [0.1, 0.15) is 5.75 Å². The van der Waals surface area contributed by atoms with Gasteiger partial charge in [0.2, 0.25) is 10.0 Å². The Kier molecular flexibility index (Phi) is 7.87. The van der Waals surface area contributed by atoms with Crippen LogP contribution in [0.25, 0.3) is 0 Å². The molecule has 0 unspecified atom stereocenters. The third-order valence-corrected chi connectivity index (χ3v) is 6.79. The third-order valence-electron chi connectivity index (χ3n) is 5.32. The molecular formula is C23H30N2O4S. The zero-order valence-electron chi connectivity index (χ0n) is 17.3. The highest BCUT2D eigenvalue weighted by Gasteiger charge is 2.21. The zero-order valence-corrected chi connectivity index (χ0v) is 18.2. The van der Waals surface area contributed by atoms with E-state index in [4.69, 9.17) is 4.74 Å². The van der Waals surface area contributed by atoms with Gasteiger partial charge < -0.3 is 10.1 Å². The lowest BCUT2D eigenvalue weighted by Gasteiger charge is -2.24. The molecular weight excluding hydrogens is 400 g/mol. The molecule has 1 aliphatic rings. The Morgan fingerprint density at radius 3 is 2.37 bits per heavy atom. The third kappa shape index (κ3) is 6.57.